The fraction of sp³-hybridized carbons (Fsp3) is 0.200. The van der Waals surface area contributed by atoms with Crippen LogP contribution in [0.15, 0.2) is 48.5 Å². The van der Waals surface area contributed by atoms with Gasteiger partial charge >= 0.3 is 0 Å². The molecule has 8 nitrogen and oxygen atoms in total. The molecular formula is C20H19N5O3S. The number of aromatic amines is 1. The molecule has 1 aromatic heterocycles. The number of benzene rings is 2. The van der Waals surface area contributed by atoms with E-state index in [2.05, 4.69) is 15.5 Å². The van der Waals surface area contributed by atoms with Gasteiger partial charge in [-0.25, -0.2) is 0 Å². The van der Waals surface area contributed by atoms with Gasteiger partial charge in [0, 0.05) is 17.2 Å². The summed E-state index contributed by atoms with van der Waals surface area (Å²) in [4.78, 5) is 23.5. The molecule has 1 fully saturated rings. The van der Waals surface area contributed by atoms with Gasteiger partial charge in [0.05, 0.1) is 6.54 Å². The van der Waals surface area contributed by atoms with E-state index in [1.54, 1.807) is 48.5 Å². The van der Waals surface area contributed by atoms with Crippen molar-refractivity contribution in [3.05, 3.63) is 70.3 Å². The number of nitrogens with zero attached hydrogens (tertiary/aromatic N) is 2. The van der Waals surface area contributed by atoms with Gasteiger partial charge in [-0.15, -0.1) is 0 Å². The minimum absolute atomic E-state index is 0.210. The number of carbonyl (C=O) groups is 2. The highest BCUT2D eigenvalue weighted by atomic mass is 32.1. The summed E-state index contributed by atoms with van der Waals surface area (Å²) in [5.74, 6) is 1.16. The van der Waals surface area contributed by atoms with Crippen molar-refractivity contribution in [2.45, 2.75) is 25.4 Å². The van der Waals surface area contributed by atoms with Crippen LogP contribution in [0.1, 0.15) is 45.4 Å². The van der Waals surface area contributed by atoms with Gasteiger partial charge in [-0.3, -0.25) is 19.3 Å². The number of H-pyrrole nitrogens is 1. The first kappa shape index (κ1) is 18.9. The second kappa shape index (κ2) is 7.88. The van der Waals surface area contributed by atoms with Crippen LogP contribution in [-0.2, 0) is 6.54 Å². The van der Waals surface area contributed by atoms with Gasteiger partial charge in [0.2, 0.25) is 5.91 Å². The van der Waals surface area contributed by atoms with Crippen molar-refractivity contribution in [3.8, 4) is 11.5 Å². The number of hydrogen-bond donors (Lipinski definition) is 3. The van der Waals surface area contributed by atoms with Crippen LogP contribution in [0, 0.1) is 4.77 Å². The van der Waals surface area contributed by atoms with Crippen LogP contribution in [-0.4, -0.2) is 26.6 Å². The van der Waals surface area contributed by atoms with Crippen molar-refractivity contribution in [2.24, 2.45) is 5.73 Å². The molecule has 0 atom stereocenters. The molecule has 0 radical (unpaired) electrons. The first-order chi connectivity index (χ1) is 14.0. The average molecular weight is 409 g/mol. The molecular weight excluding hydrogens is 390 g/mol. The zero-order valence-electron chi connectivity index (χ0n) is 15.4. The van der Waals surface area contributed by atoms with E-state index < -0.39 is 5.91 Å². The molecule has 9 heteroatoms. The van der Waals surface area contributed by atoms with Crippen molar-refractivity contribution in [1.29, 1.82) is 0 Å². The Bertz CT molecular complexity index is 1100. The molecule has 0 spiro atoms. The van der Waals surface area contributed by atoms with Gasteiger partial charge in [-0.1, -0.05) is 0 Å². The van der Waals surface area contributed by atoms with Crippen molar-refractivity contribution < 1.29 is 14.3 Å². The predicted octanol–water partition coefficient (Wildman–Crippen LogP) is 3.10. The van der Waals surface area contributed by atoms with E-state index in [-0.39, 0.29) is 5.91 Å². The van der Waals surface area contributed by atoms with E-state index >= 15 is 0 Å². The number of nitrogens with one attached hydrogen (secondary N) is 2. The number of hydrogen-bond acceptors (Lipinski definition) is 5. The first-order valence-corrected chi connectivity index (χ1v) is 9.54. The Hall–Kier alpha value is -3.46. The van der Waals surface area contributed by atoms with Crippen LogP contribution in [0.5, 0.6) is 11.5 Å². The highest BCUT2D eigenvalue weighted by Gasteiger charge is 2.27. The SMILES string of the molecule is NC(=O)c1ccc(Oc2ccc(C(=O)NCc3n[nH]c(=S)n3C3CC3)cc2)cc1. The molecule has 29 heavy (non-hydrogen) atoms. The fourth-order valence-corrected chi connectivity index (χ4v) is 3.23. The maximum Gasteiger partial charge on any atom is 0.251 e. The molecule has 1 aliphatic rings. The molecule has 1 heterocycles. The quantitative estimate of drug-likeness (QED) is 0.519. The van der Waals surface area contributed by atoms with Crippen LogP contribution >= 0.6 is 12.2 Å². The summed E-state index contributed by atoms with van der Waals surface area (Å²) in [6.45, 7) is 0.299. The summed E-state index contributed by atoms with van der Waals surface area (Å²) in [6, 6.07) is 13.7. The summed E-state index contributed by atoms with van der Waals surface area (Å²) in [6.07, 6.45) is 2.17. The van der Waals surface area contributed by atoms with Gasteiger partial charge in [-0.2, -0.15) is 5.10 Å². The lowest BCUT2D eigenvalue weighted by atomic mass is 10.2. The van der Waals surface area contributed by atoms with Gasteiger partial charge in [-0.05, 0) is 73.6 Å². The summed E-state index contributed by atoms with van der Waals surface area (Å²) in [5.41, 5.74) is 6.14. The topological polar surface area (TPSA) is 115 Å². The summed E-state index contributed by atoms with van der Waals surface area (Å²) in [7, 11) is 0. The van der Waals surface area contributed by atoms with Gasteiger partial charge in [0.1, 0.15) is 11.5 Å². The fourth-order valence-electron chi connectivity index (χ4n) is 2.93. The van der Waals surface area contributed by atoms with Gasteiger partial charge in [0.25, 0.3) is 5.91 Å². The van der Waals surface area contributed by atoms with E-state index in [1.165, 1.54) is 0 Å². The Kier molecular flexibility index (Phi) is 5.13. The minimum atomic E-state index is -0.492. The largest absolute Gasteiger partial charge is 0.457 e. The molecule has 1 saturated carbocycles. The summed E-state index contributed by atoms with van der Waals surface area (Å²) < 4.78 is 8.27. The van der Waals surface area contributed by atoms with Crippen molar-refractivity contribution in [1.82, 2.24) is 20.1 Å². The standard InChI is InChI=1S/C20H19N5O3S/c21-18(26)12-1-7-15(8-2-12)28-16-9-3-13(4-10-16)19(27)22-11-17-23-24-20(29)25(17)14-5-6-14/h1-4,7-10,14H,5-6,11H2,(H2,21,26)(H,22,27)(H,24,29). The highest BCUT2D eigenvalue weighted by molar-refractivity contribution is 7.71. The Morgan fingerprint density at radius 1 is 1.10 bits per heavy atom. The zero-order valence-corrected chi connectivity index (χ0v) is 16.2. The molecule has 0 saturated heterocycles. The second-order valence-corrected chi connectivity index (χ2v) is 7.13. The third-order valence-electron chi connectivity index (χ3n) is 4.59. The normalized spacial score (nSPS) is 13.1. The Labute approximate surface area is 171 Å². The van der Waals surface area contributed by atoms with E-state index in [9.17, 15) is 9.59 Å². The number of nitrogens with two attached hydrogens (primary N) is 1. The Morgan fingerprint density at radius 2 is 1.69 bits per heavy atom. The molecule has 0 aliphatic heterocycles. The third-order valence-corrected chi connectivity index (χ3v) is 4.88. The smallest absolute Gasteiger partial charge is 0.251 e. The molecule has 2 amide bonds. The average Bonchev–Trinajstić information content (AvgIpc) is 3.49. The number of rotatable bonds is 7. The van der Waals surface area contributed by atoms with Crippen LogP contribution in [0.25, 0.3) is 0 Å². The number of ether oxygens (including phenoxy) is 1. The zero-order chi connectivity index (χ0) is 20.4. The van der Waals surface area contributed by atoms with E-state index in [1.807, 2.05) is 4.57 Å². The van der Waals surface area contributed by atoms with Crippen LogP contribution in [0.3, 0.4) is 0 Å². The minimum Gasteiger partial charge on any atom is -0.457 e. The van der Waals surface area contributed by atoms with Crippen molar-refractivity contribution >= 4 is 24.0 Å². The Morgan fingerprint density at radius 3 is 2.24 bits per heavy atom. The van der Waals surface area contributed by atoms with Crippen LogP contribution in [0.2, 0.25) is 0 Å². The van der Waals surface area contributed by atoms with E-state index in [0.29, 0.717) is 40.0 Å². The third kappa shape index (κ3) is 4.35. The van der Waals surface area contributed by atoms with E-state index in [4.69, 9.17) is 22.7 Å². The van der Waals surface area contributed by atoms with Crippen LogP contribution < -0.4 is 15.8 Å². The lowest BCUT2D eigenvalue weighted by molar-refractivity contribution is 0.0948. The summed E-state index contributed by atoms with van der Waals surface area (Å²) >= 11 is 5.25. The molecule has 0 bridgehead atoms. The van der Waals surface area contributed by atoms with Crippen LogP contribution in [0.4, 0.5) is 0 Å². The number of carbonyl (C=O) groups excluding carboxylic acids is 2. The monoisotopic (exact) mass is 409 g/mol. The number of aromatic nitrogens is 3. The predicted molar refractivity (Wildman–Crippen MR) is 108 cm³/mol. The number of primary amides is 1. The highest BCUT2D eigenvalue weighted by Crippen LogP contribution is 2.35. The lowest BCUT2D eigenvalue weighted by Gasteiger charge is -2.09. The Balaban J connectivity index is 1.36. The first-order valence-electron chi connectivity index (χ1n) is 9.13. The lowest BCUT2D eigenvalue weighted by Crippen LogP contribution is -2.24. The maximum atomic E-state index is 12.4. The molecule has 1 aliphatic carbocycles. The molecule has 0 unspecified atom stereocenters. The summed E-state index contributed by atoms with van der Waals surface area (Å²) in [5, 5.41) is 9.85. The maximum absolute atomic E-state index is 12.4. The molecule has 4 rings (SSSR count). The van der Waals surface area contributed by atoms with E-state index in [0.717, 1.165) is 18.7 Å². The van der Waals surface area contributed by atoms with Crippen molar-refractivity contribution in [3.63, 3.8) is 0 Å². The van der Waals surface area contributed by atoms with Gasteiger partial charge < -0.3 is 15.8 Å². The molecule has 4 N–H and O–H groups in total. The second-order valence-electron chi connectivity index (χ2n) is 6.74. The molecule has 3 aromatic rings. The molecule has 148 valence electrons. The van der Waals surface area contributed by atoms with Crippen molar-refractivity contribution in [2.75, 3.05) is 0 Å². The number of amides is 2. The van der Waals surface area contributed by atoms with Gasteiger partial charge in [0.15, 0.2) is 10.6 Å². The molecule has 2 aromatic carbocycles.